The number of rotatable bonds is 2. The lowest BCUT2D eigenvalue weighted by molar-refractivity contribution is 0.393. The molecular weight excluding hydrogens is 277 g/mol. The van der Waals surface area contributed by atoms with Gasteiger partial charge in [0.1, 0.15) is 0 Å². The Morgan fingerprint density at radius 2 is 1.94 bits per heavy atom. The van der Waals surface area contributed by atoms with Gasteiger partial charge in [-0.15, -0.1) is 0 Å². The first kappa shape index (κ1) is 13.2. The van der Waals surface area contributed by atoms with Crippen LogP contribution >= 0.6 is 23.2 Å². The Labute approximate surface area is 113 Å². The van der Waals surface area contributed by atoms with Gasteiger partial charge in [-0.3, -0.25) is 4.57 Å². The molecule has 4 nitrogen and oxygen atoms in total. The maximum Gasteiger partial charge on any atom is 0.422 e. The third-order valence-corrected chi connectivity index (χ3v) is 2.97. The fourth-order valence-corrected chi connectivity index (χ4v) is 2.40. The molecule has 0 atom stereocenters. The van der Waals surface area contributed by atoms with Gasteiger partial charge >= 0.3 is 11.4 Å². The Morgan fingerprint density at radius 3 is 2.56 bits per heavy atom. The van der Waals surface area contributed by atoms with Gasteiger partial charge in [-0.2, -0.15) is 0 Å². The van der Waals surface area contributed by atoms with Crippen molar-refractivity contribution >= 4 is 34.1 Å². The fraction of sp³-hybridized carbons (Fsp3) is 0.333. The van der Waals surface area contributed by atoms with Gasteiger partial charge in [-0.1, -0.05) is 37.0 Å². The van der Waals surface area contributed by atoms with E-state index in [0.29, 0.717) is 17.1 Å². The first-order valence-corrected chi connectivity index (χ1v) is 6.18. The van der Waals surface area contributed by atoms with Crippen LogP contribution in [0.2, 0.25) is 10.0 Å². The van der Waals surface area contributed by atoms with E-state index < -0.39 is 11.4 Å². The van der Waals surface area contributed by atoms with Crippen LogP contribution in [0.3, 0.4) is 0 Å². The van der Waals surface area contributed by atoms with Crippen molar-refractivity contribution in [3.8, 4) is 0 Å². The first-order valence-electron chi connectivity index (χ1n) is 5.43. The van der Waals surface area contributed by atoms with Crippen molar-refractivity contribution in [3.63, 3.8) is 0 Å². The van der Waals surface area contributed by atoms with E-state index in [1.54, 1.807) is 0 Å². The Balaban J connectivity index is 2.93. The number of hydrogen-bond donors (Lipinski definition) is 0. The molecule has 0 amide bonds. The normalized spacial score (nSPS) is 11.4. The molecule has 96 valence electrons. The SMILES string of the molecule is CC(C)Cn1c(=O)oc(=O)c2cc(Cl)cc(Cl)c21. The molecule has 0 N–H and O–H groups in total. The van der Waals surface area contributed by atoms with Crippen LogP contribution in [0.5, 0.6) is 0 Å². The van der Waals surface area contributed by atoms with Crippen LogP contribution in [0.4, 0.5) is 0 Å². The Kier molecular flexibility index (Phi) is 3.50. The molecule has 0 bridgehead atoms. The lowest BCUT2D eigenvalue weighted by Gasteiger charge is -2.11. The molecule has 0 radical (unpaired) electrons. The smallest absolute Gasteiger partial charge is 0.372 e. The van der Waals surface area contributed by atoms with Crippen LogP contribution in [0.1, 0.15) is 13.8 Å². The maximum atomic E-state index is 11.7. The molecule has 0 fully saturated rings. The lowest BCUT2D eigenvalue weighted by Crippen LogP contribution is -2.27. The highest BCUT2D eigenvalue weighted by Gasteiger charge is 2.14. The van der Waals surface area contributed by atoms with Crippen molar-refractivity contribution in [2.75, 3.05) is 0 Å². The average Bonchev–Trinajstić information content (AvgIpc) is 2.23. The van der Waals surface area contributed by atoms with Crippen LogP contribution in [0.15, 0.2) is 26.1 Å². The van der Waals surface area contributed by atoms with E-state index >= 15 is 0 Å². The van der Waals surface area contributed by atoms with E-state index in [9.17, 15) is 9.59 Å². The molecule has 0 saturated carbocycles. The van der Waals surface area contributed by atoms with Gasteiger partial charge in [0.15, 0.2) is 0 Å². The minimum atomic E-state index is -0.723. The van der Waals surface area contributed by atoms with Crippen molar-refractivity contribution in [2.45, 2.75) is 20.4 Å². The molecule has 2 aromatic rings. The van der Waals surface area contributed by atoms with Crippen molar-refractivity contribution in [3.05, 3.63) is 43.1 Å². The minimum absolute atomic E-state index is 0.213. The molecule has 2 rings (SSSR count). The van der Waals surface area contributed by atoms with E-state index in [1.165, 1.54) is 16.7 Å². The zero-order valence-corrected chi connectivity index (χ0v) is 11.4. The summed E-state index contributed by atoms with van der Waals surface area (Å²) in [7, 11) is 0. The van der Waals surface area contributed by atoms with E-state index in [-0.39, 0.29) is 16.3 Å². The van der Waals surface area contributed by atoms with Crippen LogP contribution < -0.4 is 11.4 Å². The second-order valence-corrected chi connectivity index (χ2v) is 5.29. The Morgan fingerprint density at radius 1 is 1.28 bits per heavy atom. The quantitative estimate of drug-likeness (QED) is 0.853. The summed E-state index contributed by atoms with van der Waals surface area (Å²) >= 11 is 11.9. The molecule has 0 aliphatic heterocycles. The van der Waals surface area contributed by atoms with E-state index in [4.69, 9.17) is 23.2 Å². The van der Waals surface area contributed by atoms with Gasteiger partial charge in [0, 0.05) is 11.6 Å². The predicted molar refractivity (Wildman–Crippen MR) is 71.6 cm³/mol. The minimum Gasteiger partial charge on any atom is -0.372 e. The molecule has 0 aliphatic rings. The lowest BCUT2D eigenvalue weighted by atomic mass is 10.2. The van der Waals surface area contributed by atoms with Crippen LogP contribution in [0.25, 0.3) is 10.9 Å². The largest absolute Gasteiger partial charge is 0.422 e. The monoisotopic (exact) mass is 287 g/mol. The second kappa shape index (κ2) is 4.78. The average molecular weight is 288 g/mol. The maximum absolute atomic E-state index is 11.7. The molecule has 0 unspecified atom stereocenters. The van der Waals surface area contributed by atoms with Gasteiger partial charge in [-0.25, -0.2) is 9.59 Å². The van der Waals surface area contributed by atoms with Gasteiger partial charge < -0.3 is 4.42 Å². The number of halogens is 2. The van der Waals surface area contributed by atoms with Crippen LogP contribution in [-0.4, -0.2) is 4.57 Å². The molecule has 0 saturated heterocycles. The van der Waals surface area contributed by atoms with E-state index in [2.05, 4.69) is 4.42 Å². The first-order chi connectivity index (χ1) is 8.40. The van der Waals surface area contributed by atoms with E-state index in [1.807, 2.05) is 13.8 Å². The molecule has 1 heterocycles. The summed E-state index contributed by atoms with van der Waals surface area (Å²) < 4.78 is 6.03. The van der Waals surface area contributed by atoms with Crippen LogP contribution in [-0.2, 0) is 6.54 Å². The van der Waals surface area contributed by atoms with Crippen molar-refractivity contribution in [1.29, 1.82) is 0 Å². The third kappa shape index (κ3) is 2.31. The number of fused-ring (bicyclic) bond motifs is 1. The molecule has 0 spiro atoms. The highest BCUT2D eigenvalue weighted by Crippen LogP contribution is 2.25. The fourth-order valence-electron chi connectivity index (χ4n) is 1.81. The summed E-state index contributed by atoms with van der Waals surface area (Å²) in [5.41, 5.74) is -0.351. The van der Waals surface area contributed by atoms with Gasteiger partial charge in [-0.05, 0) is 18.1 Å². The van der Waals surface area contributed by atoms with Gasteiger partial charge in [0.25, 0.3) is 0 Å². The molecular formula is C12H11Cl2NO3. The number of benzene rings is 1. The molecule has 1 aromatic heterocycles. The van der Waals surface area contributed by atoms with Crippen molar-refractivity contribution in [2.24, 2.45) is 5.92 Å². The molecule has 1 aromatic carbocycles. The zero-order chi connectivity index (χ0) is 13.4. The Hall–Kier alpha value is -1.26. The molecule has 18 heavy (non-hydrogen) atoms. The standard InChI is InChI=1S/C12H11Cl2NO3/c1-6(2)5-15-10-8(11(16)18-12(15)17)3-7(13)4-9(10)14/h3-4,6H,5H2,1-2H3. The number of nitrogens with zero attached hydrogens (tertiary/aromatic N) is 1. The number of aromatic nitrogens is 1. The summed E-state index contributed by atoms with van der Waals surface area (Å²) in [6, 6.07) is 2.95. The second-order valence-electron chi connectivity index (χ2n) is 4.44. The highest BCUT2D eigenvalue weighted by molar-refractivity contribution is 6.38. The Bertz CT molecular complexity index is 716. The molecule has 6 heteroatoms. The van der Waals surface area contributed by atoms with Crippen LogP contribution in [0, 0.1) is 5.92 Å². The van der Waals surface area contributed by atoms with Gasteiger partial charge in [0.2, 0.25) is 0 Å². The highest BCUT2D eigenvalue weighted by atomic mass is 35.5. The number of hydrogen-bond acceptors (Lipinski definition) is 3. The van der Waals surface area contributed by atoms with Gasteiger partial charge in [0.05, 0.1) is 15.9 Å². The summed E-state index contributed by atoms with van der Waals surface area (Å²) in [5, 5.41) is 0.811. The van der Waals surface area contributed by atoms with E-state index in [0.717, 1.165) is 0 Å². The summed E-state index contributed by atoms with van der Waals surface area (Å²) in [5.74, 6) is -0.490. The predicted octanol–water partition coefficient (Wildman–Crippen LogP) is 2.92. The summed E-state index contributed by atoms with van der Waals surface area (Å²) in [6.07, 6.45) is 0. The van der Waals surface area contributed by atoms with Crippen molar-refractivity contribution < 1.29 is 4.42 Å². The topological polar surface area (TPSA) is 52.2 Å². The zero-order valence-electron chi connectivity index (χ0n) is 9.87. The third-order valence-electron chi connectivity index (χ3n) is 2.47. The summed E-state index contributed by atoms with van der Waals surface area (Å²) in [4.78, 5) is 23.4. The van der Waals surface area contributed by atoms with Crippen molar-refractivity contribution in [1.82, 2.24) is 4.57 Å². The molecule has 0 aliphatic carbocycles. The summed E-state index contributed by atoms with van der Waals surface area (Å²) in [6.45, 7) is 4.32.